The van der Waals surface area contributed by atoms with Crippen molar-refractivity contribution in [2.75, 3.05) is 14.7 Å². The summed E-state index contributed by atoms with van der Waals surface area (Å²) in [6.45, 7) is 45.8. The van der Waals surface area contributed by atoms with E-state index in [1.807, 2.05) is 0 Å². The minimum Gasteiger partial charge on any atom is -0.456 e. The van der Waals surface area contributed by atoms with Crippen LogP contribution in [-0.2, 0) is 43.3 Å². The van der Waals surface area contributed by atoms with Crippen molar-refractivity contribution in [1.29, 1.82) is 0 Å². The molecule has 9 aromatic carbocycles. The molecule has 15 rings (SSSR count). The SMILES string of the molecule is Cc1cc2c(cc1N1c3ccc(-c4cccc5oc6ccccc6c45)cc3B3c4cc5c(cc4N(c4ccc6c(c4)C(C)(C)CC6(C)C)c4cc(N(c6ccc(C(C)(C)C)cc6)c6ccc(C(C)(C)C)cc6)cc1c43)C(C)(C)CC5(C)C)C(C)(C)CC2(C)C. The van der Waals surface area contributed by atoms with Crippen molar-refractivity contribution in [3.05, 3.63) is 214 Å². The third-order valence-electron chi connectivity index (χ3n) is 22.0. The number of hydrogen-bond acceptors (Lipinski definition) is 4. The van der Waals surface area contributed by atoms with Gasteiger partial charge in [-0.25, -0.2) is 0 Å². The molecule has 1 aromatic heterocycles. The monoisotopic (exact) mass is 1170 g/mol. The predicted molar refractivity (Wildman–Crippen MR) is 382 cm³/mol. The Morgan fingerprint density at radius 1 is 0.404 bits per heavy atom. The van der Waals surface area contributed by atoms with Gasteiger partial charge in [0.1, 0.15) is 11.2 Å². The number of hydrogen-bond donors (Lipinski definition) is 0. The first-order chi connectivity index (χ1) is 41.7. The second-order valence-electron chi connectivity index (χ2n) is 33.7. The molecule has 89 heavy (non-hydrogen) atoms. The van der Waals surface area contributed by atoms with E-state index in [0.717, 1.165) is 58.3 Å². The second-order valence-corrected chi connectivity index (χ2v) is 33.7. The van der Waals surface area contributed by atoms with E-state index in [1.54, 1.807) is 0 Å². The highest BCUT2D eigenvalue weighted by Gasteiger charge is 2.51. The van der Waals surface area contributed by atoms with E-state index in [9.17, 15) is 0 Å². The van der Waals surface area contributed by atoms with Crippen LogP contribution in [0.4, 0.5) is 51.2 Å². The fraction of sp³-hybridized carbons (Fsp3) is 0.357. The molecular formula is C84H90BN3O. The molecule has 4 nitrogen and oxygen atoms in total. The number of furan rings is 1. The van der Waals surface area contributed by atoms with Gasteiger partial charge in [-0.1, -0.05) is 210 Å². The summed E-state index contributed by atoms with van der Waals surface area (Å²) >= 11 is 0. The van der Waals surface area contributed by atoms with Crippen LogP contribution in [-0.4, -0.2) is 6.71 Å². The third kappa shape index (κ3) is 8.73. The highest BCUT2D eigenvalue weighted by atomic mass is 16.3. The summed E-state index contributed by atoms with van der Waals surface area (Å²) in [5, 5.41) is 2.30. The Hall–Kier alpha value is -7.76. The number of benzene rings is 9. The first-order valence-corrected chi connectivity index (χ1v) is 33.1. The highest BCUT2D eigenvalue weighted by Crippen LogP contribution is 2.58. The van der Waals surface area contributed by atoms with Gasteiger partial charge >= 0.3 is 0 Å². The third-order valence-corrected chi connectivity index (χ3v) is 22.0. The molecule has 0 amide bonds. The van der Waals surface area contributed by atoms with Crippen molar-refractivity contribution < 1.29 is 4.42 Å². The van der Waals surface area contributed by atoms with E-state index >= 15 is 0 Å². The van der Waals surface area contributed by atoms with Gasteiger partial charge in [0, 0.05) is 56.3 Å². The fourth-order valence-electron chi connectivity index (χ4n) is 18.4. The highest BCUT2D eigenvalue weighted by molar-refractivity contribution is 7.00. The Kier molecular flexibility index (Phi) is 12.1. The molecule has 0 bridgehead atoms. The average Bonchev–Trinajstić information content (AvgIpc) is 1.56. The van der Waals surface area contributed by atoms with Gasteiger partial charge in [0.05, 0.1) is 5.69 Å². The van der Waals surface area contributed by atoms with Crippen molar-refractivity contribution in [3.63, 3.8) is 0 Å². The van der Waals surface area contributed by atoms with Gasteiger partial charge in [0.2, 0.25) is 0 Å². The number of aryl methyl sites for hydroxylation is 1. The maximum atomic E-state index is 6.65. The van der Waals surface area contributed by atoms with Gasteiger partial charge in [0.25, 0.3) is 6.71 Å². The molecule has 0 radical (unpaired) electrons. The van der Waals surface area contributed by atoms with Crippen LogP contribution in [0.1, 0.15) is 194 Å². The van der Waals surface area contributed by atoms with Crippen molar-refractivity contribution in [3.8, 4) is 11.1 Å². The maximum absolute atomic E-state index is 6.65. The van der Waals surface area contributed by atoms with Crippen LogP contribution in [0.5, 0.6) is 0 Å². The smallest absolute Gasteiger partial charge is 0.252 e. The van der Waals surface area contributed by atoms with Crippen LogP contribution in [0.25, 0.3) is 33.1 Å². The predicted octanol–water partition coefficient (Wildman–Crippen LogP) is 21.6. The molecule has 450 valence electrons. The molecule has 3 heterocycles. The Labute approximate surface area is 531 Å². The van der Waals surface area contributed by atoms with Crippen molar-refractivity contribution in [1.82, 2.24) is 0 Å². The van der Waals surface area contributed by atoms with Crippen LogP contribution in [0.2, 0.25) is 0 Å². The quantitative estimate of drug-likeness (QED) is 0.155. The molecule has 0 atom stereocenters. The van der Waals surface area contributed by atoms with Gasteiger partial charge in [-0.3, -0.25) is 0 Å². The van der Waals surface area contributed by atoms with Crippen LogP contribution in [0.15, 0.2) is 168 Å². The van der Waals surface area contributed by atoms with Crippen molar-refractivity contribution >= 4 is 96.2 Å². The van der Waals surface area contributed by atoms with E-state index in [1.165, 1.54) is 112 Å². The second kappa shape index (κ2) is 18.7. The van der Waals surface area contributed by atoms with Gasteiger partial charge in [-0.05, 0) is 226 Å². The number of fused-ring (bicyclic) bond motifs is 10. The number of para-hydroxylation sites is 1. The van der Waals surface area contributed by atoms with Crippen LogP contribution in [0.3, 0.4) is 0 Å². The van der Waals surface area contributed by atoms with Crippen molar-refractivity contribution in [2.24, 2.45) is 0 Å². The summed E-state index contributed by atoms with van der Waals surface area (Å²) in [4.78, 5) is 7.99. The lowest BCUT2D eigenvalue weighted by molar-refractivity contribution is 0.402. The number of nitrogens with zero attached hydrogens (tertiary/aromatic N) is 3. The Balaban J connectivity index is 1.10. The normalized spacial score (nSPS) is 18.4. The molecule has 0 saturated heterocycles. The summed E-state index contributed by atoms with van der Waals surface area (Å²) in [5.41, 5.74) is 31.5. The molecule has 2 aliphatic heterocycles. The van der Waals surface area contributed by atoms with Gasteiger partial charge < -0.3 is 19.1 Å². The van der Waals surface area contributed by atoms with E-state index < -0.39 is 0 Å². The lowest BCUT2D eigenvalue weighted by atomic mass is 9.33. The Bertz CT molecular complexity index is 4570. The molecule has 5 heteroatoms. The first kappa shape index (κ1) is 57.7. The van der Waals surface area contributed by atoms with Crippen LogP contribution < -0.4 is 31.1 Å². The molecule has 0 spiro atoms. The molecular weight excluding hydrogens is 1080 g/mol. The summed E-state index contributed by atoms with van der Waals surface area (Å²) in [6, 6.07) is 64.8. The minimum atomic E-state index is -0.128. The first-order valence-electron chi connectivity index (χ1n) is 33.1. The summed E-state index contributed by atoms with van der Waals surface area (Å²) < 4.78 is 6.65. The molecule has 0 fully saturated rings. The zero-order chi connectivity index (χ0) is 62.8. The molecule has 0 saturated carbocycles. The van der Waals surface area contributed by atoms with Crippen LogP contribution >= 0.6 is 0 Å². The molecule has 0 unspecified atom stereocenters. The Morgan fingerprint density at radius 3 is 1.48 bits per heavy atom. The topological polar surface area (TPSA) is 22.9 Å². The summed E-state index contributed by atoms with van der Waals surface area (Å²) in [6.07, 6.45) is 3.27. The largest absolute Gasteiger partial charge is 0.456 e. The van der Waals surface area contributed by atoms with E-state index in [0.29, 0.717) is 0 Å². The van der Waals surface area contributed by atoms with Gasteiger partial charge in [-0.15, -0.1) is 0 Å². The van der Waals surface area contributed by atoms with E-state index in [2.05, 4.69) is 310 Å². The average molecular weight is 1170 g/mol. The minimum absolute atomic E-state index is 0.00963. The van der Waals surface area contributed by atoms with Crippen molar-refractivity contribution in [2.45, 2.75) is 194 Å². The zero-order valence-electron chi connectivity index (χ0n) is 56.5. The number of anilines is 9. The lowest BCUT2D eigenvalue weighted by Gasteiger charge is -2.46. The number of rotatable bonds is 6. The van der Waals surface area contributed by atoms with Gasteiger partial charge in [0.15, 0.2) is 0 Å². The van der Waals surface area contributed by atoms with Gasteiger partial charge in [-0.2, -0.15) is 0 Å². The van der Waals surface area contributed by atoms with E-state index in [-0.39, 0.29) is 50.0 Å². The molecule has 3 aliphatic carbocycles. The van der Waals surface area contributed by atoms with Crippen LogP contribution in [0, 0.1) is 6.92 Å². The lowest BCUT2D eigenvalue weighted by Crippen LogP contribution is -2.61. The summed E-state index contributed by atoms with van der Waals surface area (Å²) in [7, 11) is 0. The summed E-state index contributed by atoms with van der Waals surface area (Å²) in [5.74, 6) is 0. The van der Waals surface area contributed by atoms with E-state index in [4.69, 9.17) is 4.42 Å². The maximum Gasteiger partial charge on any atom is 0.252 e. The molecule has 10 aromatic rings. The molecule has 0 N–H and O–H groups in total. The fourth-order valence-corrected chi connectivity index (χ4v) is 18.4. The molecule has 5 aliphatic rings. The zero-order valence-corrected chi connectivity index (χ0v) is 56.5. The standard InChI is InChI=1S/C84H90BN3O/c1-50-39-61-64(83(16,17)48-80(61,10)11)45-69(50)88-68-38-27-51(58-24-22-26-74-75(58)59-23-20-21-25-73(59)89-74)40-66(68)85-67-44-63-65(84(18,19)49-82(63,14)15)46-70(67)87(56-36-37-60-62(41-56)81(12,13)47-79(60,8)9)71-42-57(43-72(88)76(71)85)86(54-32-28-52(29-33-54)77(2,3)4)55-34-30-53(31-35-55)78(5,6)7/h20-46H,47-49H2,1-19H3. The Morgan fingerprint density at radius 2 is 0.899 bits per heavy atom.